The van der Waals surface area contributed by atoms with E-state index < -0.39 is 0 Å². The Morgan fingerprint density at radius 1 is 1.39 bits per heavy atom. The zero-order valence-corrected chi connectivity index (χ0v) is 16.9. The van der Waals surface area contributed by atoms with Crippen LogP contribution in [0, 0.1) is 5.92 Å². The second kappa shape index (κ2) is 8.97. The monoisotopic (exact) mass is 379 g/mol. The second-order valence-corrected chi connectivity index (χ2v) is 7.60. The Morgan fingerprint density at radius 2 is 2.21 bits per heavy atom. The summed E-state index contributed by atoms with van der Waals surface area (Å²) in [5.41, 5.74) is 7.51. The molecule has 1 aliphatic rings. The number of aromatic nitrogens is 2. The van der Waals surface area contributed by atoms with Crippen LogP contribution in [0.15, 0.2) is 36.5 Å². The van der Waals surface area contributed by atoms with Crippen LogP contribution in [0.1, 0.15) is 48.8 Å². The van der Waals surface area contributed by atoms with Crippen LogP contribution in [0.4, 0.5) is 11.6 Å². The molecule has 0 aliphatic carbocycles. The normalized spacial score (nSPS) is 17.4. The van der Waals surface area contributed by atoms with Crippen molar-refractivity contribution in [3.8, 4) is 0 Å². The summed E-state index contributed by atoms with van der Waals surface area (Å²) in [6.45, 7) is 9.06. The number of piperazine rings is 1. The fourth-order valence-corrected chi connectivity index (χ4v) is 3.63. The number of nitrogens with zero attached hydrogens (tertiary/aromatic N) is 3. The van der Waals surface area contributed by atoms with Crippen LogP contribution in [0.2, 0.25) is 0 Å². The van der Waals surface area contributed by atoms with Gasteiger partial charge in [-0.05, 0) is 43.5 Å². The van der Waals surface area contributed by atoms with E-state index in [1.165, 1.54) is 0 Å². The summed E-state index contributed by atoms with van der Waals surface area (Å²) < 4.78 is 0. The molecule has 1 saturated heterocycles. The summed E-state index contributed by atoms with van der Waals surface area (Å²) in [5.74, 6) is 1.49. The van der Waals surface area contributed by atoms with Crippen LogP contribution in [0.25, 0.3) is 6.08 Å². The zero-order valence-electron chi connectivity index (χ0n) is 16.9. The van der Waals surface area contributed by atoms with Gasteiger partial charge in [0, 0.05) is 37.4 Å². The summed E-state index contributed by atoms with van der Waals surface area (Å²) in [4.78, 5) is 24.2. The Kier molecular flexibility index (Phi) is 6.41. The van der Waals surface area contributed by atoms with Gasteiger partial charge in [0.1, 0.15) is 17.3 Å². The molecule has 148 valence electrons. The van der Waals surface area contributed by atoms with E-state index in [1.807, 2.05) is 31.2 Å². The lowest BCUT2D eigenvalue weighted by molar-refractivity contribution is 0.103. The van der Waals surface area contributed by atoms with E-state index in [0.29, 0.717) is 23.2 Å². The first-order valence-electron chi connectivity index (χ1n) is 9.86. The van der Waals surface area contributed by atoms with Gasteiger partial charge in [0.25, 0.3) is 0 Å². The Balaban J connectivity index is 1.94. The number of rotatable bonds is 6. The minimum absolute atomic E-state index is 0.200. The molecule has 0 aromatic carbocycles. The number of pyridine rings is 2. The van der Waals surface area contributed by atoms with Crippen molar-refractivity contribution in [2.45, 2.75) is 33.2 Å². The van der Waals surface area contributed by atoms with Crippen molar-refractivity contribution in [3.63, 3.8) is 0 Å². The highest BCUT2D eigenvalue weighted by molar-refractivity contribution is 6.12. The molecule has 3 rings (SSSR count). The molecule has 3 N–H and O–H groups in total. The Hall–Kier alpha value is -2.73. The molecule has 2 aromatic rings. The number of nitrogen functional groups attached to an aromatic ring is 1. The van der Waals surface area contributed by atoms with Gasteiger partial charge in [0.15, 0.2) is 0 Å². The van der Waals surface area contributed by atoms with E-state index in [1.54, 1.807) is 18.3 Å². The van der Waals surface area contributed by atoms with Gasteiger partial charge >= 0.3 is 0 Å². The van der Waals surface area contributed by atoms with Crippen LogP contribution >= 0.6 is 0 Å². The summed E-state index contributed by atoms with van der Waals surface area (Å²) in [7, 11) is 0. The summed E-state index contributed by atoms with van der Waals surface area (Å²) in [6.07, 6.45) is 6.50. The first-order valence-corrected chi connectivity index (χ1v) is 9.86. The molecule has 3 heterocycles. The van der Waals surface area contributed by atoms with E-state index >= 15 is 0 Å². The Labute approximate surface area is 166 Å². The van der Waals surface area contributed by atoms with Gasteiger partial charge in [-0.15, -0.1) is 0 Å². The number of ketones is 1. The maximum absolute atomic E-state index is 13.2. The highest BCUT2D eigenvalue weighted by atomic mass is 16.1. The minimum Gasteiger partial charge on any atom is -0.383 e. The average Bonchev–Trinajstić information content (AvgIpc) is 2.68. The average molecular weight is 380 g/mol. The van der Waals surface area contributed by atoms with E-state index in [2.05, 4.69) is 29.0 Å². The first-order chi connectivity index (χ1) is 13.5. The molecule has 6 heteroatoms. The van der Waals surface area contributed by atoms with Gasteiger partial charge in [-0.3, -0.25) is 4.79 Å². The smallest absolute Gasteiger partial charge is 0.215 e. The predicted octanol–water partition coefficient (Wildman–Crippen LogP) is 3.15. The van der Waals surface area contributed by atoms with Crippen molar-refractivity contribution in [3.05, 3.63) is 53.4 Å². The number of hydrogen-bond acceptors (Lipinski definition) is 6. The molecule has 0 amide bonds. The van der Waals surface area contributed by atoms with Crippen LogP contribution < -0.4 is 16.0 Å². The third-order valence-electron chi connectivity index (χ3n) is 4.89. The van der Waals surface area contributed by atoms with Crippen molar-refractivity contribution in [2.24, 2.45) is 5.92 Å². The molecular formula is C22H29N5O. The molecule has 2 aromatic heterocycles. The lowest BCUT2D eigenvalue weighted by Crippen LogP contribution is -2.51. The van der Waals surface area contributed by atoms with Crippen LogP contribution in [0.5, 0.6) is 0 Å². The van der Waals surface area contributed by atoms with Gasteiger partial charge in [-0.25, -0.2) is 9.97 Å². The van der Waals surface area contributed by atoms with Crippen LogP contribution in [-0.4, -0.2) is 41.4 Å². The second-order valence-electron chi connectivity index (χ2n) is 7.60. The van der Waals surface area contributed by atoms with Gasteiger partial charge in [-0.2, -0.15) is 0 Å². The lowest BCUT2D eigenvalue weighted by atomic mass is 10.0. The molecule has 0 bridgehead atoms. The molecule has 0 unspecified atom stereocenters. The highest BCUT2D eigenvalue weighted by Crippen LogP contribution is 2.23. The minimum atomic E-state index is -0.200. The number of allylic oxidation sites excluding steroid dienone is 1. The van der Waals surface area contributed by atoms with Crippen LogP contribution in [0.3, 0.4) is 0 Å². The summed E-state index contributed by atoms with van der Waals surface area (Å²) >= 11 is 0. The third kappa shape index (κ3) is 4.57. The van der Waals surface area contributed by atoms with Gasteiger partial charge in [-0.1, -0.05) is 26.0 Å². The molecule has 0 spiro atoms. The molecule has 28 heavy (non-hydrogen) atoms. The fraction of sp³-hybridized carbons (Fsp3) is 0.409. The number of nitrogens with one attached hydrogen (secondary N) is 1. The molecule has 1 fully saturated rings. The maximum atomic E-state index is 13.2. The fourth-order valence-electron chi connectivity index (χ4n) is 3.63. The van der Waals surface area contributed by atoms with Gasteiger partial charge in [0.2, 0.25) is 5.78 Å². The van der Waals surface area contributed by atoms with Crippen molar-refractivity contribution >= 4 is 23.5 Å². The predicted molar refractivity (Wildman–Crippen MR) is 114 cm³/mol. The maximum Gasteiger partial charge on any atom is 0.215 e. The standard InChI is InChI=1S/C22H29N5O/c1-4-6-16-8-9-19(27-12-11-24-17(14-27)13-15(2)3)26-20(16)21(28)18-7-5-10-25-22(18)23/h4-10,15,17,24H,11-14H2,1-3H3,(H2,23,25)/b6-4-/t17-/m0/s1. The van der Waals surface area contributed by atoms with E-state index in [9.17, 15) is 4.79 Å². The first kappa shape index (κ1) is 20.0. The van der Waals surface area contributed by atoms with E-state index in [-0.39, 0.29) is 11.6 Å². The highest BCUT2D eigenvalue weighted by Gasteiger charge is 2.23. The largest absolute Gasteiger partial charge is 0.383 e. The summed E-state index contributed by atoms with van der Waals surface area (Å²) in [5, 5.41) is 3.58. The Bertz CT molecular complexity index is 862. The van der Waals surface area contributed by atoms with Gasteiger partial charge in [0.05, 0.1) is 5.56 Å². The molecule has 1 atom stereocenters. The number of hydrogen-bond donors (Lipinski definition) is 2. The van der Waals surface area contributed by atoms with E-state index in [0.717, 1.165) is 37.4 Å². The number of carbonyl (C=O) groups is 1. The topological polar surface area (TPSA) is 84.1 Å². The molecule has 6 nitrogen and oxygen atoms in total. The SMILES string of the molecule is C/C=C\c1ccc(N2CCN[C@@H](CC(C)C)C2)nc1C(=O)c1cccnc1N. The molecular weight excluding hydrogens is 350 g/mol. The lowest BCUT2D eigenvalue weighted by Gasteiger charge is -2.35. The quantitative estimate of drug-likeness (QED) is 0.750. The summed E-state index contributed by atoms with van der Waals surface area (Å²) in [6, 6.07) is 7.80. The number of nitrogens with two attached hydrogens (primary N) is 1. The van der Waals surface area contributed by atoms with Crippen molar-refractivity contribution in [1.82, 2.24) is 15.3 Å². The van der Waals surface area contributed by atoms with E-state index in [4.69, 9.17) is 10.7 Å². The molecule has 0 radical (unpaired) electrons. The molecule has 1 aliphatic heterocycles. The van der Waals surface area contributed by atoms with Crippen molar-refractivity contribution < 1.29 is 4.79 Å². The van der Waals surface area contributed by atoms with Crippen molar-refractivity contribution in [2.75, 3.05) is 30.3 Å². The van der Waals surface area contributed by atoms with Crippen molar-refractivity contribution in [1.29, 1.82) is 0 Å². The Morgan fingerprint density at radius 3 is 2.93 bits per heavy atom. The third-order valence-corrected chi connectivity index (χ3v) is 4.89. The van der Waals surface area contributed by atoms with Crippen LogP contribution in [-0.2, 0) is 0 Å². The van der Waals surface area contributed by atoms with Gasteiger partial charge < -0.3 is 16.0 Å². The molecule has 0 saturated carbocycles. The number of anilines is 2. The number of carbonyl (C=O) groups excluding carboxylic acids is 1. The zero-order chi connectivity index (χ0) is 20.1.